The lowest BCUT2D eigenvalue weighted by molar-refractivity contribution is -0.144. The summed E-state index contributed by atoms with van der Waals surface area (Å²) in [5.41, 5.74) is 2.17. The molecule has 0 saturated carbocycles. The van der Waals surface area contributed by atoms with Crippen LogP contribution in [0.1, 0.15) is 12.5 Å². The number of hydrogen-bond donors (Lipinski definition) is 0. The lowest BCUT2D eigenvalue weighted by Crippen LogP contribution is -2.09. The molecule has 1 aliphatic rings. The molecule has 0 aromatic heterocycles. The Bertz CT molecular complexity index is 409. The second-order valence-electron chi connectivity index (χ2n) is 3.95. The van der Waals surface area contributed by atoms with Crippen LogP contribution < -0.4 is 0 Å². The average Bonchev–Trinajstić information content (AvgIpc) is 3.10. The van der Waals surface area contributed by atoms with Crippen LogP contribution in [0.4, 0.5) is 0 Å². The van der Waals surface area contributed by atoms with Gasteiger partial charge in [0.05, 0.1) is 25.7 Å². The predicted octanol–water partition coefficient (Wildman–Crippen LogP) is 2.32. The highest BCUT2D eigenvalue weighted by Crippen LogP contribution is 2.30. The van der Waals surface area contributed by atoms with Crippen LogP contribution in [0.15, 0.2) is 42.0 Å². The van der Waals surface area contributed by atoms with Crippen molar-refractivity contribution in [1.29, 1.82) is 0 Å². The highest BCUT2D eigenvalue weighted by Gasteiger charge is 2.32. The van der Waals surface area contributed by atoms with Crippen molar-refractivity contribution in [2.24, 2.45) is 5.92 Å². The van der Waals surface area contributed by atoms with Gasteiger partial charge >= 0.3 is 5.97 Å². The van der Waals surface area contributed by atoms with Gasteiger partial charge in [0.2, 0.25) is 0 Å². The fourth-order valence-corrected chi connectivity index (χ4v) is 1.62. The molecule has 3 nitrogen and oxygen atoms in total. The minimum Gasteiger partial charge on any atom is -0.465 e. The zero-order chi connectivity index (χ0) is 12.1. The Hall–Kier alpha value is -1.61. The van der Waals surface area contributed by atoms with Gasteiger partial charge in [-0.15, -0.1) is 0 Å². The molecule has 0 heterocycles. The van der Waals surface area contributed by atoms with Gasteiger partial charge in [-0.2, -0.15) is 0 Å². The largest absolute Gasteiger partial charge is 0.465 e. The van der Waals surface area contributed by atoms with E-state index in [1.165, 1.54) is 0 Å². The summed E-state index contributed by atoms with van der Waals surface area (Å²) in [7, 11) is 0. The molecule has 1 aromatic rings. The molecule has 0 spiro atoms. The zero-order valence-electron chi connectivity index (χ0n) is 9.89. The maximum absolute atomic E-state index is 11.3. The van der Waals surface area contributed by atoms with Crippen molar-refractivity contribution in [2.45, 2.75) is 13.5 Å². The van der Waals surface area contributed by atoms with Crippen molar-refractivity contribution in [1.82, 2.24) is 0 Å². The fourth-order valence-electron chi connectivity index (χ4n) is 1.62. The van der Waals surface area contributed by atoms with Crippen molar-refractivity contribution < 1.29 is 14.3 Å². The van der Waals surface area contributed by atoms with E-state index in [9.17, 15) is 4.79 Å². The molecule has 90 valence electrons. The van der Waals surface area contributed by atoms with Crippen LogP contribution in [0.3, 0.4) is 0 Å². The highest BCUT2D eigenvalue weighted by atomic mass is 16.5. The third-order valence-electron chi connectivity index (χ3n) is 2.59. The number of carbonyl (C=O) groups excluding carboxylic acids is 1. The van der Waals surface area contributed by atoms with E-state index in [0.717, 1.165) is 11.1 Å². The van der Waals surface area contributed by atoms with Gasteiger partial charge in [0, 0.05) is 0 Å². The molecule has 2 rings (SSSR count). The summed E-state index contributed by atoms with van der Waals surface area (Å²) >= 11 is 0. The van der Waals surface area contributed by atoms with E-state index in [2.05, 4.69) is 0 Å². The monoisotopic (exact) mass is 232 g/mol. The Labute approximate surface area is 101 Å². The van der Waals surface area contributed by atoms with E-state index in [1.54, 1.807) is 0 Å². The maximum Gasteiger partial charge on any atom is 0.317 e. The summed E-state index contributed by atoms with van der Waals surface area (Å²) in [4.78, 5) is 11.3. The van der Waals surface area contributed by atoms with Gasteiger partial charge in [-0.05, 0) is 18.1 Å². The van der Waals surface area contributed by atoms with Crippen molar-refractivity contribution in [2.75, 3.05) is 13.2 Å². The third kappa shape index (κ3) is 3.43. The minimum absolute atomic E-state index is 0.134. The molecule has 1 unspecified atom stereocenters. The fraction of sp³-hybridized carbons (Fsp3) is 0.357. The number of esters is 1. The first-order valence-corrected chi connectivity index (χ1v) is 5.80. The second kappa shape index (κ2) is 5.64. The van der Waals surface area contributed by atoms with Crippen LogP contribution in [0.5, 0.6) is 0 Å². The molecule has 0 radical (unpaired) electrons. The Balaban J connectivity index is 1.65. The van der Waals surface area contributed by atoms with Crippen LogP contribution in [0.25, 0.3) is 0 Å². The molecular formula is C14H16O3. The first-order chi connectivity index (χ1) is 8.31. The summed E-state index contributed by atoms with van der Waals surface area (Å²) < 4.78 is 10.4. The number of benzene rings is 1. The number of rotatable bonds is 6. The van der Waals surface area contributed by atoms with Crippen molar-refractivity contribution >= 4 is 5.97 Å². The van der Waals surface area contributed by atoms with Gasteiger partial charge in [0.15, 0.2) is 0 Å². The number of carbonyl (C=O) groups is 1. The highest BCUT2D eigenvalue weighted by molar-refractivity contribution is 5.83. The van der Waals surface area contributed by atoms with Crippen LogP contribution >= 0.6 is 0 Å². The number of ether oxygens (including phenoxy) is 2. The SMILES string of the molecule is CCOC(=O)C1C=C1COCc1ccccc1. The van der Waals surface area contributed by atoms with Gasteiger partial charge < -0.3 is 9.47 Å². The van der Waals surface area contributed by atoms with Crippen LogP contribution in [-0.2, 0) is 20.9 Å². The van der Waals surface area contributed by atoms with Gasteiger partial charge in [-0.25, -0.2) is 0 Å². The molecule has 0 aliphatic heterocycles. The van der Waals surface area contributed by atoms with Crippen LogP contribution in [0, 0.1) is 5.92 Å². The molecule has 3 heteroatoms. The summed E-state index contributed by atoms with van der Waals surface area (Å²) in [5.74, 6) is -0.295. The molecule has 0 amide bonds. The Kier molecular flexibility index (Phi) is 3.94. The molecule has 1 aromatic carbocycles. The summed E-state index contributed by atoms with van der Waals surface area (Å²) in [6.45, 7) is 3.33. The first kappa shape index (κ1) is 11.9. The van der Waals surface area contributed by atoms with Crippen LogP contribution in [-0.4, -0.2) is 19.2 Å². The van der Waals surface area contributed by atoms with Crippen molar-refractivity contribution in [3.8, 4) is 0 Å². The van der Waals surface area contributed by atoms with E-state index >= 15 is 0 Å². The predicted molar refractivity (Wildman–Crippen MR) is 64.3 cm³/mol. The van der Waals surface area contributed by atoms with Gasteiger partial charge in [-0.3, -0.25) is 4.79 Å². The topological polar surface area (TPSA) is 35.5 Å². The van der Waals surface area contributed by atoms with Crippen molar-refractivity contribution in [3.05, 3.63) is 47.5 Å². The van der Waals surface area contributed by atoms with Gasteiger partial charge in [0.25, 0.3) is 0 Å². The molecule has 0 N–H and O–H groups in total. The van der Waals surface area contributed by atoms with E-state index in [-0.39, 0.29) is 11.9 Å². The average molecular weight is 232 g/mol. The number of hydrogen-bond acceptors (Lipinski definition) is 3. The van der Waals surface area contributed by atoms with Crippen molar-refractivity contribution in [3.63, 3.8) is 0 Å². The van der Waals surface area contributed by atoms with E-state index in [1.807, 2.05) is 43.3 Å². The summed E-state index contributed by atoms with van der Waals surface area (Å²) in [5, 5.41) is 0. The minimum atomic E-state index is -0.161. The van der Waals surface area contributed by atoms with Gasteiger partial charge in [0.1, 0.15) is 0 Å². The van der Waals surface area contributed by atoms with Gasteiger partial charge in [-0.1, -0.05) is 36.4 Å². The Morgan fingerprint density at radius 1 is 1.24 bits per heavy atom. The molecule has 0 bridgehead atoms. The third-order valence-corrected chi connectivity index (χ3v) is 2.59. The Morgan fingerprint density at radius 2 is 2.00 bits per heavy atom. The maximum atomic E-state index is 11.3. The first-order valence-electron chi connectivity index (χ1n) is 5.80. The molecule has 17 heavy (non-hydrogen) atoms. The quantitative estimate of drug-likeness (QED) is 0.557. The molecule has 0 fully saturated rings. The molecule has 0 saturated heterocycles. The normalized spacial score (nSPS) is 17.5. The molecule has 1 aliphatic carbocycles. The smallest absolute Gasteiger partial charge is 0.317 e. The van der Waals surface area contributed by atoms with E-state index in [0.29, 0.717) is 19.8 Å². The Morgan fingerprint density at radius 3 is 2.71 bits per heavy atom. The summed E-state index contributed by atoms with van der Waals surface area (Å²) in [6, 6.07) is 9.98. The lowest BCUT2D eigenvalue weighted by Gasteiger charge is -2.03. The van der Waals surface area contributed by atoms with E-state index in [4.69, 9.17) is 9.47 Å². The summed E-state index contributed by atoms with van der Waals surface area (Å²) in [6.07, 6.45) is 1.89. The lowest BCUT2D eigenvalue weighted by atomic mass is 10.2. The van der Waals surface area contributed by atoms with E-state index < -0.39 is 0 Å². The second-order valence-corrected chi connectivity index (χ2v) is 3.95. The zero-order valence-corrected chi connectivity index (χ0v) is 9.89. The standard InChI is InChI=1S/C14H16O3/c1-2-17-14(15)13-8-12(13)10-16-9-11-6-4-3-5-7-11/h3-8,13H,2,9-10H2,1H3. The molecule has 1 atom stereocenters. The molecular weight excluding hydrogens is 216 g/mol. The van der Waals surface area contributed by atoms with Crippen LogP contribution in [0.2, 0.25) is 0 Å².